The summed E-state index contributed by atoms with van der Waals surface area (Å²) in [6, 6.07) is 3.34. The van der Waals surface area contributed by atoms with Crippen molar-refractivity contribution in [1.29, 1.82) is 0 Å². The zero-order chi connectivity index (χ0) is 12.8. The minimum atomic E-state index is -0.0794. The Bertz CT molecular complexity index is 369. The second-order valence-electron chi connectivity index (χ2n) is 4.21. The lowest BCUT2D eigenvalue weighted by atomic mass is 10.0. The first-order chi connectivity index (χ1) is 8.06. The Hall–Kier alpha value is -1.09. The maximum Gasteiger partial charge on any atom is 0.251 e. The maximum absolute atomic E-state index is 11.9. The van der Waals surface area contributed by atoms with Gasteiger partial charge in [-0.1, -0.05) is 38.3 Å². The summed E-state index contributed by atoms with van der Waals surface area (Å²) in [6.45, 7) is 6.80. The Morgan fingerprint density at radius 3 is 2.59 bits per heavy atom. The summed E-state index contributed by atoms with van der Waals surface area (Å²) in [6.07, 6.45) is 2.15. The summed E-state index contributed by atoms with van der Waals surface area (Å²) >= 11 is 5.82. The van der Waals surface area contributed by atoms with Gasteiger partial charge in [-0.05, 0) is 25.0 Å². The van der Waals surface area contributed by atoms with Crippen LogP contribution in [0.1, 0.15) is 42.7 Å². The van der Waals surface area contributed by atoms with Crippen molar-refractivity contribution >= 4 is 17.5 Å². The Kier molecular flexibility index (Phi) is 5.42. The van der Waals surface area contributed by atoms with Gasteiger partial charge in [-0.15, -0.1) is 0 Å². The molecular formula is C13H19ClN2O. The molecule has 0 aliphatic carbocycles. The Morgan fingerprint density at radius 2 is 2.06 bits per heavy atom. The third-order valence-electron chi connectivity index (χ3n) is 2.89. The zero-order valence-corrected chi connectivity index (χ0v) is 11.3. The van der Waals surface area contributed by atoms with Gasteiger partial charge < -0.3 is 5.32 Å². The predicted molar refractivity (Wildman–Crippen MR) is 70.4 cm³/mol. The van der Waals surface area contributed by atoms with E-state index in [9.17, 15) is 4.79 Å². The molecule has 0 aromatic carbocycles. The second kappa shape index (κ2) is 6.60. The number of aryl methyl sites for hydroxylation is 1. The molecule has 0 bridgehead atoms. The highest BCUT2D eigenvalue weighted by Gasteiger charge is 2.10. The second-order valence-corrected chi connectivity index (χ2v) is 4.60. The fraction of sp³-hybridized carbons (Fsp3) is 0.538. The number of hydrogen-bond acceptors (Lipinski definition) is 2. The average Bonchev–Trinajstić information content (AvgIpc) is 2.28. The standard InChI is InChI=1S/C13H19ClN2O/c1-4-10(5-2)8-15-13(17)11-6-9(3)16-12(14)7-11/h6-7,10H,4-5,8H2,1-3H3,(H,15,17). The van der Waals surface area contributed by atoms with Crippen molar-refractivity contribution in [2.24, 2.45) is 5.92 Å². The largest absolute Gasteiger partial charge is 0.352 e. The lowest BCUT2D eigenvalue weighted by Crippen LogP contribution is -2.29. The first-order valence-corrected chi connectivity index (χ1v) is 6.37. The van der Waals surface area contributed by atoms with E-state index < -0.39 is 0 Å². The Labute approximate surface area is 108 Å². The molecule has 0 saturated heterocycles. The third-order valence-corrected chi connectivity index (χ3v) is 3.08. The number of hydrogen-bond donors (Lipinski definition) is 1. The molecule has 0 spiro atoms. The molecule has 1 amide bonds. The Morgan fingerprint density at radius 1 is 1.41 bits per heavy atom. The van der Waals surface area contributed by atoms with E-state index in [1.165, 1.54) is 0 Å². The highest BCUT2D eigenvalue weighted by atomic mass is 35.5. The van der Waals surface area contributed by atoms with Crippen LogP contribution in [0, 0.1) is 12.8 Å². The number of pyridine rings is 1. The summed E-state index contributed by atoms with van der Waals surface area (Å²) in [4.78, 5) is 15.9. The van der Waals surface area contributed by atoms with Gasteiger partial charge in [0.1, 0.15) is 5.15 Å². The number of nitrogens with zero attached hydrogens (tertiary/aromatic N) is 1. The van der Waals surface area contributed by atoms with Gasteiger partial charge in [-0.3, -0.25) is 4.79 Å². The van der Waals surface area contributed by atoms with Crippen molar-refractivity contribution in [2.45, 2.75) is 33.6 Å². The molecule has 3 nitrogen and oxygen atoms in total. The van der Waals surface area contributed by atoms with Crippen LogP contribution in [0.15, 0.2) is 12.1 Å². The Balaban J connectivity index is 2.63. The summed E-state index contributed by atoms with van der Waals surface area (Å²) < 4.78 is 0. The average molecular weight is 255 g/mol. The molecule has 17 heavy (non-hydrogen) atoms. The topological polar surface area (TPSA) is 42.0 Å². The molecule has 4 heteroatoms. The van der Waals surface area contributed by atoms with Crippen LogP contribution in [0.3, 0.4) is 0 Å². The van der Waals surface area contributed by atoms with Crippen LogP contribution in [0.4, 0.5) is 0 Å². The van der Waals surface area contributed by atoms with Crippen molar-refractivity contribution in [1.82, 2.24) is 10.3 Å². The fourth-order valence-electron chi connectivity index (χ4n) is 1.68. The monoisotopic (exact) mass is 254 g/mol. The number of amides is 1. The third kappa shape index (κ3) is 4.35. The van der Waals surface area contributed by atoms with Crippen LogP contribution >= 0.6 is 11.6 Å². The lowest BCUT2D eigenvalue weighted by Gasteiger charge is -2.13. The number of carbonyl (C=O) groups excluding carboxylic acids is 1. The van der Waals surface area contributed by atoms with E-state index in [0.717, 1.165) is 18.5 Å². The molecule has 0 radical (unpaired) electrons. The highest BCUT2D eigenvalue weighted by molar-refractivity contribution is 6.29. The molecule has 1 N–H and O–H groups in total. The summed E-state index contributed by atoms with van der Waals surface area (Å²) in [5.74, 6) is 0.460. The quantitative estimate of drug-likeness (QED) is 0.820. The van der Waals surface area contributed by atoms with Gasteiger partial charge in [-0.25, -0.2) is 4.98 Å². The van der Waals surface area contributed by atoms with Crippen LogP contribution in [0.25, 0.3) is 0 Å². The zero-order valence-electron chi connectivity index (χ0n) is 10.6. The molecule has 0 saturated carbocycles. The highest BCUT2D eigenvalue weighted by Crippen LogP contribution is 2.11. The van der Waals surface area contributed by atoms with Crippen molar-refractivity contribution in [2.75, 3.05) is 6.54 Å². The van der Waals surface area contributed by atoms with E-state index >= 15 is 0 Å². The van der Waals surface area contributed by atoms with E-state index in [0.29, 0.717) is 23.2 Å². The first-order valence-electron chi connectivity index (χ1n) is 5.99. The fourth-order valence-corrected chi connectivity index (χ4v) is 1.93. The molecule has 94 valence electrons. The van der Waals surface area contributed by atoms with Gasteiger partial charge in [0.05, 0.1) is 0 Å². The molecule has 0 unspecified atom stereocenters. The van der Waals surface area contributed by atoms with E-state index in [1.54, 1.807) is 12.1 Å². The van der Waals surface area contributed by atoms with Crippen LogP contribution in [0.2, 0.25) is 5.15 Å². The van der Waals surface area contributed by atoms with Crippen molar-refractivity contribution < 1.29 is 4.79 Å². The van der Waals surface area contributed by atoms with Gasteiger partial charge >= 0.3 is 0 Å². The van der Waals surface area contributed by atoms with Crippen LogP contribution in [-0.4, -0.2) is 17.4 Å². The molecule has 0 aliphatic rings. The predicted octanol–water partition coefficient (Wildman–Crippen LogP) is 3.21. The SMILES string of the molecule is CCC(CC)CNC(=O)c1cc(C)nc(Cl)c1. The van der Waals surface area contributed by atoms with E-state index in [-0.39, 0.29) is 5.91 Å². The number of aromatic nitrogens is 1. The van der Waals surface area contributed by atoms with Crippen molar-refractivity contribution in [3.63, 3.8) is 0 Å². The van der Waals surface area contributed by atoms with Gasteiger partial charge in [0.2, 0.25) is 0 Å². The van der Waals surface area contributed by atoms with Crippen LogP contribution < -0.4 is 5.32 Å². The normalized spacial score (nSPS) is 10.6. The molecule has 0 aliphatic heterocycles. The molecule has 1 aromatic rings. The maximum atomic E-state index is 11.9. The van der Waals surface area contributed by atoms with Crippen molar-refractivity contribution in [3.8, 4) is 0 Å². The van der Waals surface area contributed by atoms with Gasteiger partial charge in [0.25, 0.3) is 5.91 Å². The van der Waals surface area contributed by atoms with Gasteiger partial charge in [0.15, 0.2) is 0 Å². The van der Waals surface area contributed by atoms with E-state index in [1.807, 2.05) is 6.92 Å². The summed E-state index contributed by atoms with van der Waals surface area (Å²) in [5.41, 5.74) is 1.33. The van der Waals surface area contributed by atoms with E-state index in [4.69, 9.17) is 11.6 Å². The lowest BCUT2D eigenvalue weighted by molar-refractivity contribution is 0.0946. The molecular weight excluding hydrogens is 236 g/mol. The number of carbonyl (C=O) groups is 1. The molecule has 1 aromatic heterocycles. The summed E-state index contributed by atoms with van der Waals surface area (Å²) in [5, 5.41) is 3.29. The van der Waals surface area contributed by atoms with Crippen LogP contribution in [0.5, 0.6) is 0 Å². The molecule has 1 rings (SSSR count). The number of rotatable bonds is 5. The molecule has 0 fully saturated rings. The molecule has 1 heterocycles. The van der Waals surface area contributed by atoms with Crippen LogP contribution in [-0.2, 0) is 0 Å². The van der Waals surface area contributed by atoms with Crippen molar-refractivity contribution in [3.05, 3.63) is 28.5 Å². The smallest absolute Gasteiger partial charge is 0.251 e. The minimum Gasteiger partial charge on any atom is -0.352 e. The minimum absolute atomic E-state index is 0.0794. The summed E-state index contributed by atoms with van der Waals surface area (Å²) in [7, 11) is 0. The van der Waals surface area contributed by atoms with Gasteiger partial charge in [-0.2, -0.15) is 0 Å². The number of halogens is 1. The van der Waals surface area contributed by atoms with Gasteiger partial charge in [0, 0.05) is 17.8 Å². The van der Waals surface area contributed by atoms with E-state index in [2.05, 4.69) is 24.1 Å². The molecule has 0 atom stereocenters. The number of nitrogens with one attached hydrogen (secondary N) is 1. The first kappa shape index (κ1) is 14.0.